The van der Waals surface area contributed by atoms with E-state index in [4.69, 9.17) is 0 Å². The van der Waals surface area contributed by atoms with Gasteiger partial charge < -0.3 is 15.4 Å². The molecule has 0 radical (unpaired) electrons. The summed E-state index contributed by atoms with van der Waals surface area (Å²) in [5.74, 6) is 1.70. The summed E-state index contributed by atoms with van der Waals surface area (Å²) in [7, 11) is 0. The fourth-order valence-corrected chi connectivity index (χ4v) is 5.99. The minimum atomic E-state index is -4.74. The van der Waals surface area contributed by atoms with Crippen molar-refractivity contribution in [1.82, 2.24) is 5.32 Å². The summed E-state index contributed by atoms with van der Waals surface area (Å²) in [6.45, 7) is 0.451. The van der Waals surface area contributed by atoms with Gasteiger partial charge in [-0.2, -0.15) is 0 Å². The van der Waals surface area contributed by atoms with Crippen LogP contribution in [-0.4, -0.2) is 24.7 Å². The van der Waals surface area contributed by atoms with E-state index in [-0.39, 0.29) is 29.4 Å². The summed E-state index contributed by atoms with van der Waals surface area (Å²) < 4.78 is 40.3. The molecule has 4 fully saturated rings. The van der Waals surface area contributed by atoms with Gasteiger partial charge in [0.25, 0.3) is 0 Å². The molecule has 4 aliphatic rings. The van der Waals surface area contributed by atoms with Crippen LogP contribution in [0.25, 0.3) is 0 Å². The van der Waals surface area contributed by atoms with Crippen LogP contribution in [0.1, 0.15) is 51.4 Å². The first-order valence-electron chi connectivity index (χ1n) is 10.6. The van der Waals surface area contributed by atoms with E-state index in [1.54, 1.807) is 0 Å². The number of benzene rings is 1. The zero-order valence-corrected chi connectivity index (χ0v) is 16.8. The molecule has 0 aliphatic heterocycles. The fraction of sp³-hybridized carbons (Fsp3) is 0.636. The zero-order valence-electron chi connectivity index (χ0n) is 16.8. The number of anilines is 1. The van der Waals surface area contributed by atoms with Gasteiger partial charge in [-0.15, -0.1) is 13.2 Å². The molecule has 5 rings (SSSR count). The molecule has 0 heterocycles. The first-order chi connectivity index (χ1) is 14.2. The number of ether oxygens (including phenoxy) is 1. The molecule has 0 aromatic heterocycles. The second-order valence-electron chi connectivity index (χ2n) is 9.18. The van der Waals surface area contributed by atoms with Gasteiger partial charge in [0.05, 0.1) is 0 Å². The van der Waals surface area contributed by atoms with Crippen molar-refractivity contribution in [2.75, 3.05) is 11.9 Å². The molecule has 0 atom stereocenters. The molecule has 4 saturated carbocycles. The van der Waals surface area contributed by atoms with Gasteiger partial charge in [-0.3, -0.25) is 9.59 Å². The Balaban J connectivity index is 1.18. The summed E-state index contributed by atoms with van der Waals surface area (Å²) in [6.07, 6.45) is 2.90. The molecule has 0 unspecified atom stereocenters. The summed E-state index contributed by atoms with van der Waals surface area (Å²) >= 11 is 0. The maximum Gasteiger partial charge on any atom is 0.573 e. The van der Waals surface area contributed by atoms with Crippen molar-refractivity contribution in [3.63, 3.8) is 0 Å². The van der Waals surface area contributed by atoms with Crippen molar-refractivity contribution >= 4 is 17.5 Å². The van der Waals surface area contributed by atoms with Crippen molar-refractivity contribution in [1.29, 1.82) is 0 Å². The number of amides is 2. The Kier molecular flexibility index (Phi) is 5.68. The van der Waals surface area contributed by atoms with E-state index in [0.717, 1.165) is 31.4 Å². The Morgan fingerprint density at radius 3 is 2.10 bits per heavy atom. The predicted octanol–water partition coefficient (Wildman–Crippen LogP) is 4.64. The third-order valence-electron chi connectivity index (χ3n) is 6.76. The van der Waals surface area contributed by atoms with Gasteiger partial charge >= 0.3 is 6.36 Å². The molecular formula is C22H27F3N2O3. The molecule has 8 heteroatoms. The zero-order chi connectivity index (χ0) is 21.4. The third kappa shape index (κ3) is 4.90. The molecule has 2 N–H and O–H groups in total. The van der Waals surface area contributed by atoms with Crippen LogP contribution < -0.4 is 15.4 Å². The molecule has 1 aromatic rings. The normalized spacial score (nSPS) is 29.5. The molecule has 2 amide bonds. The van der Waals surface area contributed by atoms with E-state index in [2.05, 4.69) is 15.4 Å². The number of alkyl halides is 3. The van der Waals surface area contributed by atoms with Crippen molar-refractivity contribution in [3.05, 3.63) is 24.3 Å². The molecule has 5 nitrogen and oxygen atoms in total. The first-order valence-corrected chi connectivity index (χ1v) is 10.6. The van der Waals surface area contributed by atoms with E-state index in [1.165, 1.54) is 31.4 Å². The highest BCUT2D eigenvalue weighted by Gasteiger charge is 2.54. The van der Waals surface area contributed by atoms with Crippen molar-refractivity contribution < 1.29 is 27.5 Å². The fourth-order valence-electron chi connectivity index (χ4n) is 5.99. The Morgan fingerprint density at radius 2 is 1.57 bits per heavy atom. The van der Waals surface area contributed by atoms with Crippen LogP contribution in [0.4, 0.5) is 18.9 Å². The van der Waals surface area contributed by atoms with E-state index in [1.807, 2.05) is 0 Å². The first kappa shape index (κ1) is 21.0. The van der Waals surface area contributed by atoms with Gasteiger partial charge in [-0.05, 0) is 87.0 Å². The van der Waals surface area contributed by atoms with Crippen molar-refractivity contribution in [2.24, 2.45) is 23.2 Å². The van der Waals surface area contributed by atoms with Crippen LogP contribution >= 0.6 is 0 Å². The minimum absolute atomic E-state index is 0.155. The molecule has 4 aliphatic carbocycles. The average Bonchev–Trinajstić information content (AvgIpc) is 2.64. The predicted molar refractivity (Wildman–Crippen MR) is 105 cm³/mol. The number of rotatable bonds is 7. The van der Waals surface area contributed by atoms with Gasteiger partial charge in [0, 0.05) is 24.1 Å². The van der Waals surface area contributed by atoms with Crippen LogP contribution in [0, 0.1) is 23.2 Å². The third-order valence-corrected chi connectivity index (χ3v) is 6.76. The maximum absolute atomic E-state index is 12.9. The Labute approximate surface area is 173 Å². The van der Waals surface area contributed by atoms with E-state index in [9.17, 15) is 22.8 Å². The standard InChI is InChI=1S/C22H27F3N2O3/c23-22(24,25)30-18-5-3-17(4-6-18)27-19(28)2-1-7-26-20(29)21-11-14-8-15(12-21)10-16(9-14)13-21/h3-6,14-16H,1-2,7-13H2,(H,26,29)(H,27,28). The summed E-state index contributed by atoms with van der Waals surface area (Å²) in [4.78, 5) is 24.9. The average molecular weight is 424 g/mol. The van der Waals surface area contributed by atoms with Crippen molar-refractivity contribution in [2.45, 2.75) is 57.7 Å². The summed E-state index contributed by atoms with van der Waals surface area (Å²) in [5, 5.41) is 5.69. The minimum Gasteiger partial charge on any atom is -0.406 e. The molecule has 1 aromatic carbocycles. The number of nitrogens with one attached hydrogen (secondary N) is 2. The quantitative estimate of drug-likeness (QED) is 0.627. The lowest BCUT2D eigenvalue weighted by molar-refractivity contribution is -0.274. The lowest BCUT2D eigenvalue weighted by atomic mass is 9.49. The largest absolute Gasteiger partial charge is 0.573 e. The lowest BCUT2D eigenvalue weighted by Crippen LogP contribution is -2.53. The van der Waals surface area contributed by atoms with Gasteiger partial charge in [0.15, 0.2) is 0 Å². The summed E-state index contributed by atoms with van der Waals surface area (Å²) in [5.41, 5.74) is 0.212. The molecule has 30 heavy (non-hydrogen) atoms. The van der Waals surface area contributed by atoms with Crippen LogP contribution in [-0.2, 0) is 9.59 Å². The van der Waals surface area contributed by atoms with E-state index in [0.29, 0.717) is 36.4 Å². The highest BCUT2D eigenvalue weighted by Crippen LogP contribution is 2.60. The van der Waals surface area contributed by atoms with Crippen LogP contribution in [0.5, 0.6) is 5.75 Å². The second kappa shape index (κ2) is 8.12. The number of carbonyl (C=O) groups excluding carboxylic acids is 2. The SMILES string of the molecule is O=C(CCCNC(=O)C12CC3CC(CC(C3)C1)C2)Nc1ccc(OC(F)(F)F)cc1. The molecule has 0 spiro atoms. The highest BCUT2D eigenvalue weighted by molar-refractivity contribution is 5.90. The number of carbonyl (C=O) groups is 2. The van der Waals surface area contributed by atoms with Crippen LogP contribution in [0.3, 0.4) is 0 Å². The monoisotopic (exact) mass is 424 g/mol. The number of hydrogen-bond donors (Lipinski definition) is 2. The van der Waals surface area contributed by atoms with E-state index < -0.39 is 6.36 Å². The van der Waals surface area contributed by atoms with E-state index >= 15 is 0 Å². The smallest absolute Gasteiger partial charge is 0.406 e. The summed E-state index contributed by atoms with van der Waals surface area (Å²) in [6, 6.07) is 5.01. The second-order valence-corrected chi connectivity index (χ2v) is 9.18. The van der Waals surface area contributed by atoms with Gasteiger partial charge in [-0.1, -0.05) is 0 Å². The van der Waals surface area contributed by atoms with Crippen LogP contribution in [0.15, 0.2) is 24.3 Å². The topological polar surface area (TPSA) is 67.4 Å². The molecule has 4 bridgehead atoms. The van der Waals surface area contributed by atoms with Crippen molar-refractivity contribution in [3.8, 4) is 5.75 Å². The molecule has 164 valence electrons. The van der Waals surface area contributed by atoms with Gasteiger partial charge in [0.2, 0.25) is 11.8 Å². The highest BCUT2D eigenvalue weighted by atomic mass is 19.4. The maximum atomic E-state index is 12.9. The lowest BCUT2D eigenvalue weighted by Gasteiger charge is -2.55. The Hall–Kier alpha value is -2.25. The molecular weight excluding hydrogens is 397 g/mol. The Morgan fingerprint density at radius 1 is 1.00 bits per heavy atom. The number of halogens is 3. The molecule has 0 saturated heterocycles. The van der Waals surface area contributed by atoms with Crippen LogP contribution in [0.2, 0.25) is 0 Å². The van der Waals surface area contributed by atoms with Gasteiger partial charge in [-0.25, -0.2) is 0 Å². The number of hydrogen-bond acceptors (Lipinski definition) is 3. The Bertz CT molecular complexity index is 757. The van der Waals surface area contributed by atoms with Gasteiger partial charge in [0.1, 0.15) is 5.75 Å².